The van der Waals surface area contributed by atoms with E-state index in [-0.39, 0.29) is 6.67 Å². The standard InChI is InChI=1S/C2H5FO.C2H5F/c1-4-2-3;1-2-3/h2H2,1H3;2H2,1H3. The van der Waals surface area contributed by atoms with Gasteiger partial charge in [-0.1, -0.05) is 0 Å². The average Bonchev–Trinajstić information content (AvgIpc) is 1.69. The molecule has 0 spiro atoms. The summed E-state index contributed by atoms with van der Waals surface area (Å²) in [5, 5.41) is 0. The second-order valence-corrected chi connectivity index (χ2v) is 0.665. The molecular weight excluding hydrogens is 102 g/mol. The molecule has 0 heterocycles. The van der Waals surface area contributed by atoms with Crippen LogP contribution in [0.2, 0.25) is 0 Å². The molecule has 0 fully saturated rings. The van der Waals surface area contributed by atoms with E-state index in [9.17, 15) is 8.78 Å². The highest BCUT2D eigenvalue weighted by Gasteiger charge is 1.55. The molecule has 0 saturated carbocycles. The Morgan fingerprint density at radius 3 is 1.57 bits per heavy atom. The Balaban J connectivity index is 0. The van der Waals surface area contributed by atoms with Crippen molar-refractivity contribution in [2.24, 2.45) is 0 Å². The molecule has 7 heavy (non-hydrogen) atoms. The molecule has 0 aromatic rings. The maximum atomic E-state index is 10.5. The van der Waals surface area contributed by atoms with Crippen LogP contribution in [0.15, 0.2) is 0 Å². The van der Waals surface area contributed by atoms with Gasteiger partial charge in [-0.05, 0) is 6.92 Å². The van der Waals surface area contributed by atoms with Crippen LogP contribution in [-0.2, 0) is 4.74 Å². The molecule has 0 saturated heterocycles. The van der Waals surface area contributed by atoms with Crippen LogP contribution in [0.3, 0.4) is 0 Å². The summed E-state index contributed by atoms with van der Waals surface area (Å²) in [6.45, 7) is 0.528. The lowest BCUT2D eigenvalue weighted by Gasteiger charge is -1.72. The summed E-state index contributed by atoms with van der Waals surface area (Å²) < 4.78 is 24.7. The molecular formula is C4H10F2O. The number of hydrogen-bond acceptors (Lipinski definition) is 1. The highest BCUT2D eigenvalue weighted by Crippen LogP contribution is 1.58. The van der Waals surface area contributed by atoms with Gasteiger partial charge in [0, 0.05) is 7.11 Å². The van der Waals surface area contributed by atoms with Crippen LogP contribution < -0.4 is 0 Å². The molecule has 0 rings (SSSR count). The number of rotatable bonds is 1. The van der Waals surface area contributed by atoms with E-state index in [4.69, 9.17) is 0 Å². The lowest BCUT2D eigenvalue weighted by atomic mass is 10.9. The van der Waals surface area contributed by atoms with Crippen LogP contribution in [0.1, 0.15) is 6.92 Å². The fourth-order valence-corrected chi connectivity index (χ4v) is 0. The predicted octanol–water partition coefficient (Wildman–Crippen LogP) is 1.54. The lowest BCUT2D eigenvalue weighted by Crippen LogP contribution is -1.70. The molecule has 0 aliphatic heterocycles. The summed E-state index contributed by atoms with van der Waals surface area (Å²) in [7, 11) is 1.31. The largest absolute Gasteiger partial charge is 0.354 e. The van der Waals surface area contributed by atoms with Crippen molar-refractivity contribution in [3.8, 4) is 0 Å². The van der Waals surface area contributed by atoms with E-state index in [0.717, 1.165) is 0 Å². The highest BCUT2D eigenvalue weighted by atomic mass is 19.1. The van der Waals surface area contributed by atoms with Crippen molar-refractivity contribution >= 4 is 0 Å². The van der Waals surface area contributed by atoms with Crippen molar-refractivity contribution in [1.29, 1.82) is 0 Å². The quantitative estimate of drug-likeness (QED) is 0.500. The molecule has 0 aromatic carbocycles. The van der Waals surface area contributed by atoms with Gasteiger partial charge >= 0.3 is 0 Å². The zero-order chi connectivity index (χ0) is 6.12. The molecule has 0 aliphatic carbocycles. The Morgan fingerprint density at radius 2 is 1.57 bits per heavy atom. The van der Waals surface area contributed by atoms with Crippen molar-refractivity contribution < 1.29 is 13.5 Å². The van der Waals surface area contributed by atoms with Crippen molar-refractivity contribution in [2.45, 2.75) is 6.92 Å². The first-order chi connectivity index (χ1) is 3.33. The second-order valence-electron chi connectivity index (χ2n) is 0.665. The van der Waals surface area contributed by atoms with Crippen molar-refractivity contribution in [2.75, 3.05) is 20.6 Å². The number of hydrogen-bond donors (Lipinski definition) is 0. The zero-order valence-corrected chi connectivity index (χ0v) is 4.58. The van der Waals surface area contributed by atoms with Gasteiger partial charge in [0.15, 0.2) is 6.86 Å². The van der Waals surface area contributed by atoms with Gasteiger partial charge in [0.05, 0.1) is 6.67 Å². The first kappa shape index (κ1) is 9.94. The third-order valence-corrected chi connectivity index (χ3v) is 0.109. The monoisotopic (exact) mass is 112 g/mol. The Morgan fingerprint density at radius 1 is 1.43 bits per heavy atom. The summed E-state index contributed by atoms with van der Waals surface area (Å²) >= 11 is 0. The van der Waals surface area contributed by atoms with Crippen LogP contribution >= 0.6 is 0 Å². The highest BCUT2D eigenvalue weighted by molar-refractivity contribution is 3.86. The summed E-state index contributed by atoms with van der Waals surface area (Å²) in [6, 6.07) is 0. The van der Waals surface area contributed by atoms with E-state index < -0.39 is 6.86 Å². The third kappa shape index (κ3) is 126. The summed E-state index contributed by atoms with van der Waals surface area (Å²) in [6.07, 6.45) is 0. The van der Waals surface area contributed by atoms with E-state index in [1.807, 2.05) is 0 Å². The van der Waals surface area contributed by atoms with E-state index >= 15 is 0 Å². The Kier molecular flexibility index (Phi) is 24.2. The topological polar surface area (TPSA) is 9.23 Å². The average molecular weight is 112 g/mol. The Hall–Kier alpha value is -0.180. The van der Waals surface area contributed by atoms with Crippen molar-refractivity contribution in [3.63, 3.8) is 0 Å². The maximum absolute atomic E-state index is 10.5. The SMILES string of the molecule is CCF.COCF. The van der Waals surface area contributed by atoms with E-state index in [2.05, 4.69) is 4.74 Å². The van der Waals surface area contributed by atoms with Gasteiger partial charge in [0.25, 0.3) is 0 Å². The van der Waals surface area contributed by atoms with E-state index in [1.54, 1.807) is 0 Å². The normalized spacial score (nSPS) is 6.86. The molecule has 0 radical (unpaired) electrons. The molecule has 1 nitrogen and oxygen atoms in total. The molecule has 0 atom stereocenters. The fourth-order valence-electron chi connectivity index (χ4n) is 0. The second kappa shape index (κ2) is 17.0. The van der Waals surface area contributed by atoms with Gasteiger partial charge in [-0.25, -0.2) is 4.39 Å². The van der Waals surface area contributed by atoms with Crippen molar-refractivity contribution in [3.05, 3.63) is 0 Å². The summed E-state index contributed by atoms with van der Waals surface area (Å²) in [4.78, 5) is 0. The van der Waals surface area contributed by atoms with E-state index in [1.165, 1.54) is 14.0 Å². The fraction of sp³-hybridized carbons (Fsp3) is 1.00. The molecule has 3 heteroatoms. The van der Waals surface area contributed by atoms with Crippen LogP contribution in [0.4, 0.5) is 8.78 Å². The Bertz CT molecular complexity index is 17.2. The molecule has 0 aliphatic rings. The van der Waals surface area contributed by atoms with Crippen LogP contribution in [0.5, 0.6) is 0 Å². The van der Waals surface area contributed by atoms with E-state index in [0.29, 0.717) is 0 Å². The number of alkyl halides is 2. The van der Waals surface area contributed by atoms with Crippen LogP contribution in [0, 0.1) is 0 Å². The van der Waals surface area contributed by atoms with Gasteiger partial charge in [-0.15, -0.1) is 0 Å². The lowest BCUT2D eigenvalue weighted by molar-refractivity contribution is 0.104. The number of ether oxygens (including phenoxy) is 1. The smallest absolute Gasteiger partial charge is 0.187 e. The first-order valence-corrected chi connectivity index (χ1v) is 1.94. The van der Waals surface area contributed by atoms with Crippen molar-refractivity contribution in [1.82, 2.24) is 0 Å². The predicted molar refractivity (Wildman–Crippen MR) is 24.6 cm³/mol. The minimum Gasteiger partial charge on any atom is -0.354 e. The molecule has 0 bridgehead atoms. The zero-order valence-electron chi connectivity index (χ0n) is 4.58. The van der Waals surface area contributed by atoms with Gasteiger partial charge in [0.2, 0.25) is 0 Å². The van der Waals surface area contributed by atoms with Gasteiger partial charge in [-0.3, -0.25) is 4.39 Å². The number of halogens is 2. The molecule has 0 unspecified atom stereocenters. The number of methoxy groups -OCH3 is 1. The van der Waals surface area contributed by atoms with Gasteiger partial charge in [-0.2, -0.15) is 0 Å². The third-order valence-electron chi connectivity index (χ3n) is 0.109. The minimum absolute atomic E-state index is 0.250. The van der Waals surface area contributed by atoms with Gasteiger partial charge < -0.3 is 4.74 Å². The summed E-state index contributed by atoms with van der Waals surface area (Å²) in [5.41, 5.74) is 0. The van der Waals surface area contributed by atoms with Crippen LogP contribution in [0.25, 0.3) is 0 Å². The minimum atomic E-state index is -0.681. The molecule has 0 N–H and O–H groups in total. The Labute approximate surface area is 42.3 Å². The molecule has 0 aromatic heterocycles. The molecule has 0 amide bonds. The first-order valence-electron chi connectivity index (χ1n) is 1.94. The summed E-state index contributed by atoms with van der Waals surface area (Å²) in [5.74, 6) is 0. The molecule has 46 valence electrons. The van der Waals surface area contributed by atoms with Crippen LogP contribution in [-0.4, -0.2) is 20.6 Å². The maximum Gasteiger partial charge on any atom is 0.187 e. The van der Waals surface area contributed by atoms with Gasteiger partial charge in [0.1, 0.15) is 0 Å².